The van der Waals surface area contributed by atoms with Gasteiger partial charge in [0.2, 0.25) is 0 Å². The predicted octanol–water partition coefficient (Wildman–Crippen LogP) is 6.13. The van der Waals surface area contributed by atoms with E-state index in [0.29, 0.717) is 23.9 Å². The molecule has 1 fully saturated rings. The Morgan fingerprint density at radius 2 is 1.81 bits per heavy atom. The second-order valence-corrected chi connectivity index (χ2v) is 11.0. The number of carbonyl (C=O) groups excluding carboxylic acids is 1. The Balaban J connectivity index is 1.34. The Labute approximate surface area is 222 Å². The molecule has 4 aromatic rings. The number of hydrogen-bond acceptors (Lipinski definition) is 6. The Hall–Kier alpha value is -3.45. The number of nitrogens with one attached hydrogen (secondary N) is 1. The summed E-state index contributed by atoms with van der Waals surface area (Å²) in [5, 5.41) is 3.95. The number of thioether (sulfide) groups is 1. The number of carbonyl (C=O) groups is 1. The van der Waals surface area contributed by atoms with Crippen molar-refractivity contribution in [2.24, 2.45) is 11.8 Å². The third-order valence-corrected chi connectivity index (χ3v) is 7.80. The highest BCUT2D eigenvalue weighted by molar-refractivity contribution is 7.98. The van der Waals surface area contributed by atoms with Gasteiger partial charge in [0.1, 0.15) is 5.82 Å². The van der Waals surface area contributed by atoms with E-state index < -0.39 is 0 Å². The normalized spacial score (nSPS) is 17.7. The van der Waals surface area contributed by atoms with Crippen LogP contribution in [-0.4, -0.2) is 40.2 Å². The number of rotatable bonds is 6. The summed E-state index contributed by atoms with van der Waals surface area (Å²) < 4.78 is 0. The lowest BCUT2D eigenvalue weighted by Crippen LogP contribution is -2.39. The minimum atomic E-state index is -0.110. The molecule has 1 aliphatic rings. The molecule has 1 N–H and O–H groups in total. The number of piperidine rings is 1. The Morgan fingerprint density at radius 3 is 2.59 bits per heavy atom. The van der Waals surface area contributed by atoms with Gasteiger partial charge in [-0.25, -0.2) is 9.97 Å². The summed E-state index contributed by atoms with van der Waals surface area (Å²) in [5.74, 6) is 2.23. The number of amides is 1. The van der Waals surface area contributed by atoms with Crippen molar-refractivity contribution >= 4 is 34.4 Å². The topological polar surface area (TPSA) is 71.0 Å². The molecule has 0 spiro atoms. The monoisotopic (exact) mass is 511 g/mol. The summed E-state index contributed by atoms with van der Waals surface area (Å²) in [4.78, 5) is 30.6. The molecule has 0 bridgehead atoms. The average Bonchev–Trinajstić information content (AvgIpc) is 2.91. The smallest absolute Gasteiger partial charge is 0.251 e. The quantitative estimate of drug-likeness (QED) is 0.314. The Kier molecular flexibility index (Phi) is 7.42. The van der Waals surface area contributed by atoms with Crippen LogP contribution in [0.3, 0.4) is 0 Å². The van der Waals surface area contributed by atoms with Gasteiger partial charge in [0.15, 0.2) is 0 Å². The van der Waals surface area contributed by atoms with Crippen LogP contribution in [0.1, 0.15) is 41.9 Å². The molecule has 3 aromatic heterocycles. The minimum absolute atomic E-state index is 0.110. The van der Waals surface area contributed by atoms with Crippen molar-refractivity contribution in [3.8, 4) is 11.4 Å². The summed E-state index contributed by atoms with van der Waals surface area (Å²) >= 11 is 1.64. The molecule has 1 saturated heterocycles. The lowest BCUT2D eigenvalue weighted by Gasteiger charge is -2.35. The van der Waals surface area contributed by atoms with Crippen molar-refractivity contribution in [2.75, 3.05) is 24.2 Å². The van der Waals surface area contributed by atoms with Gasteiger partial charge in [0.25, 0.3) is 5.91 Å². The van der Waals surface area contributed by atoms with Crippen LogP contribution in [0.2, 0.25) is 0 Å². The highest BCUT2D eigenvalue weighted by Gasteiger charge is 2.23. The van der Waals surface area contributed by atoms with E-state index in [0.717, 1.165) is 51.8 Å². The average molecular weight is 512 g/mol. The molecule has 7 heteroatoms. The van der Waals surface area contributed by atoms with Gasteiger partial charge in [-0.15, -0.1) is 11.8 Å². The molecule has 1 aromatic carbocycles. The summed E-state index contributed by atoms with van der Waals surface area (Å²) in [6, 6.07) is 17.9. The number of hydrogen-bond donors (Lipinski definition) is 1. The van der Waals surface area contributed by atoms with E-state index in [4.69, 9.17) is 9.97 Å². The standard InChI is InChI=1S/C30H33N5OS/c1-19-12-20(2)18-35(17-19)29-7-5-6-25(34-29)26-11-10-23-15-31-24(14-27(23)33-26)16-32-30(36)22-9-8-21(3)28(13-22)37-4/h5-11,13-15,19-20H,12,16-18H2,1-4H3,(H,32,36). The number of anilines is 1. The van der Waals surface area contributed by atoms with Gasteiger partial charge in [0.05, 0.1) is 29.1 Å². The molecule has 2 atom stereocenters. The lowest BCUT2D eigenvalue weighted by atomic mass is 9.92. The van der Waals surface area contributed by atoms with E-state index >= 15 is 0 Å². The molecule has 37 heavy (non-hydrogen) atoms. The maximum Gasteiger partial charge on any atom is 0.251 e. The van der Waals surface area contributed by atoms with Crippen molar-refractivity contribution in [3.05, 3.63) is 77.6 Å². The van der Waals surface area contributed by atoms with E-state index in [1.165, 1.54) is 12.0 Å². The SMILES string of the molecule is CSc1cc(C(=O)NCc2cc3nc(-c4cccc(N5CC(C)CC(C)C5)n4)ccc3cn2)ccc1C. The number of benzene rings is 1. The zero-order chi connectivity index (χ0) is 25.9. The number of aromatic nitrogens is 3. The lowest BCUT2D eigenvalue weighted by molar-refractivity contribution is 0.0950. The second-order valence-electron chi connectivity index (χ2n) is 10.2. The van der Waals surface area contributed by atoms with Crippen LogP contribution in [0.25, 0.3) is 22.3 Å². The van der Waals surface area contributed by atoms with Gasteiger partial charge in [-0.05, 0) is 79.5 Å². The first kappa shape index (κ1) is 25.2. The van der Waals surface area contributed by atoms with Gasteiger partial charge in [-0.2, -0.15) is 0 Å². The highest BCUT2D eigenvalue weighted by Crippen LogP contribution is 2.27. The molecule has 2 unspecified atom stereocenters. The van der Waals surface area contributed by atoms with E-state index in [2.05, 4.69) is 41.2 Å². The van der Waals surface area contributed by atoms with Crippen LogP contribution in [-0.2, 0) is 6.54 Å². The van der Waals surface area contributed by atoms with Gasteiger partial charge >= 0.3 is 0 Å². The molecule has 1 amide bonds. The summed E-state index contributed by atoms with van der Waals surface area (Å²) in [6.07, 6.45) is 5.10. The van der Waals surface area contributed by atoms with Crippen LogP contribution >= 0.6 is 11.8 Å². The van der Waals surface area contributed by atoms with E-state index in [1.54, 1.807) is 11.8 Å². The molecule has 4 heterocycles. The first-order chi connectivity index (χ1) is 17.9. The second kappa shape index (κ2) is 10.9. The molecular formula is C30H33N5OS. The fraction of sp³-hybridized carbons (Fsp3) is 0.333. The molecule has 6 nitrogen and oxygen atoms in total. The molecule has 5 rings (SSSR count). The van der Waals surface area contributed by atoms with Crippen molar-refractivity contribution in [1.29, 1.82) is 0 Å². The molecule has 0 aliphatic carbocycles. The van der Waals surface area contributed by atoms with Crippen molar-refractivity contribution < 1.29 is 4.79 Å². The molecular weight excluding hydrogens is 478 g/mol. The highest BCUT2D eigenvalue weighted by atomic mass is 32.2. The van der Waals surface area contributed by atoms with Gasteiger partial charge in [-0.3, -0.25) is 9.78 Å². The zero-order valence-electron chi connectivity index (χ0n) is 21.9. The molecule has 1 aliphatic heterocycles. The van der Waals surface area contributed by atoms with Gasteiger partial charge < -0.3 is 10.2 Å². The van der Waals surface area contributed by atoms with Gasteiger partial charge in [-0.1, -0.05) is 26.0 Å². The van der Waals surface area contributed by atoms with Crippen molar-refractivity contribution in [1.82, 2.24) is 20.3 Å². The first-order valence-electron chi connectivity index (χ1n) is 12.8. The van der Waals surface area contributed by atoms with Gasteiger partial charge in [0, 0.05) is 35.1 Å². The fourth-order valence-electron chi connectivity index (χ4n) is 5.12. The Bertz CT molecular complexity index is 1430. The van der Waals surface area contributed by atoms with Crippen molar-refractivity contribution in [2.45, 2.75) is 38.6 Å². The largest absolute Gasteiger partial charge is 0.356 e. The number of pyridine rings is 3. The summed E-state index contributed by atoms with van der Waals surface area (Å²) in [6.45, 7) is 9.08. The molecule has 190 valence electrons. The number of nitrogens with zero attached hydrogens (tertiary/aromatic N) is 4. The number of aryl methyl sites for hydroxylation is 1. The summed E-state index contributed by atoms with van der Waals surface area (Å²) in [5.41, 5.74) is 5.12. The molecule has 0 saturated carbocycles. The Morgan fingerprint density at radius 1 is 1.03 bits per heavy atom. The third-order valence-electron chi connectivity index (χ3n) is 6.92. The minimum Gasteiger partial charge on any atom is -0.356 e. The third kappa shape index (κ3) is 5.77. The van der Waals surface area contributed by atoms with Crippen LogP contribution < -0.4 is 10.2 Å². The van der Waals surface area contributed by atoms with E-state index in [1.807, 2.05) is 61.8 Å². The van der Waals surface area contributed by atoms with Crippen LogP contribution in [0.5, 0.6) is 0 Å². The van der Waals surface area contributed by atoms with Crippen LogP contribution in [0, 0.1) is 18.8 Å². The van der Waals surface area contributed by atoms with Crippen LogP contribution in [0.4, 0.5) is 5.82 Å². The van der Waals surface area contributed by atoms with Crippen molar-refractivity contribution in [3.63, 3.8) is 0 Å². The first-order valence-corrected chi connectivity index (χ1v) is 14.0. The maximum absolute atomic E-state index is 12.7. The molecule has 0 radical (unpaired) electrons. The zero-order valence-corrected chi connectivity index (χ0v) is 22.7. The fourth-order valence-corrected chi connectivity index (χ4v) is 5.76. The van der Waals surface area contributed by atoms with E-state index in [9.17, 15) is 4.79 Å². The van der Waals surface area contributed by atoms with E-state index in [-0.39, 0.29) is 5.91 Å². The summed E-state index contributed by atoms with van der Waals surface area (Å²) in [7, 11) is 0. The van der Waals surface area contributed by atoms with Crippen LogP contribution in [0.15, 0.2) is 65.7 Å². The number of fused-ring (bicyclic) bond motifs is 1. The predicted molar refractivity (Wildman–Crippen MR) is 152 cm³/mol. The maximum atomic E-state index is 12.7.